The number of hydrogen-bond acceptors (Lipinski definition) is 9. The highest BCUT2D eigenvalue weighted by Gasteiger charge is 2.32. The number of halogens is 3. The predicted octanol–water partition coefficient (Wildman–Crippen LogP) is 9.36. The van der Waals surface area contributed by atoms with E-state index in [4.69, 9.17) is 28.4 Å². The molecule has 0 spiro atoms. The molecule has 0 fully saturated rings. The number of carbonyl (C=O) groups is 2. The molecule has 0 aliphatic carbocycles. The van der Waals surface area contributed by atoms with Crippen molar-refractivity contribution in [1.29, 1.82) is 0 Å². The predicted molar refractivity (Wildman–Crippen MR) is 216 cm³/mol. The van der Waals surface area contributed by atoms with Crippen molar-refractivity contribution in [3.63, 3.8) is 0 Å². The average Bonchev–Trinajstić information content (AvgIpc) is 3.24. The SMILES string of the molecule is C=COCOCc1ccc(C#Cc2ccc(COC(=O)C=C)cc2)cc1CC.C=COCOCc1ccc(C#Cc2ccc(COC(=O)C=C)cc2)cc1OC(F)(F)F. The van der Waals surface area contributed by atoms with Gasteiger partial charge in [0.1, 0.15) is 19.0 Å². The highest BCUT2D eigenvalue weighted by Crippen LogP contribution is 2.28. The lowest BCUT2D eigenvalue weighted by Crippen LogP contribution is -2.18. The molecule has 0 radical (unpaired) electrons. The Hall–Kier alpha value is -6.99. The van der Waals surface area contributed by atoms with E-state index in [0.29, 0.717) is 17.7 Å². The van der Waals surface area contributed by atoms with Crippen LogP contribution in [0.1, 0.15) is 57.0 Å². The van der Waals surface area contributed by atoms with E-state index < -0.39 is 24.1 Å². The van der Waals surface area contributed by atoms with Gasteiger partial charge < -0.3 is 33.2 Å². The fraction of sp³-hybridized carbons (Fsp3) is 0.191. The first-order valence-electron chi connectivity index (χ1n) is 17.9. The third-order valence-corrected chi connectivity index (χ3v) is 7.64. The summed E-state index contributed by atoms with van der Waals surface area (Å²) >= 11 is 0. The zero-order chi connectivity index (χ0) is 42.9. The fourth-order valence-corrected chi connectivity index (χ4v) is 4.72. The number of ether oxygens (including phenoxy) is 7. The van der Waals surface area contributed by atoms with Crippen LogP contribution >= 0.6 is 0 Å². The number of alkyl halides is 3. The maximum absolute atomic E-state index is 12.7. The van der Waals surface area contributed by atoms with E-state index in [2.05, 4.69) is 67.7 Å². The standard InChI is InChI=1S/C24H24O4.C23H19F3O5/c1-4-22-15-20(13-14-23(22)17-27-18-26-6-3)10-7-19-8-11-21(12-9-19)16-28-24(25)5-2;1-3-22(27)30-14-19-9-6-17(7-10-19)5-8-18-11-12-20(15-29-16-28-4-2)21(13-18)31-23(24,25)26/h5-6,8-9,11-15H,2-4,16-18H2,1H3;3-4,6-7,9-13H,1-2,14-16H2. The van der Waals surface area contributed by atoms with Gasteiger partial charge in [0.25, 0.3) is 0 Å². The van der Waals surface area contributed by atoms with Crippen molar-refractivity contribution in [3.05, 3.63) is 186 Å². The Balaban J connectivity index is 0.000000317. The molecule has 0 atom stereocenters. The Morgan fingerprint density at radius 3 is 1.44 bits per heavy atom. The molecule has 0 bridgehead atoms. The van der Waals surface area contributed by atoms with Gasteiger partial charge in [0.2, 0.25) is 0 Å². The van der Waals surface area contributed by atoms with Crippen LogP contribution in [0.5, 0.6) is 5.75 Å². The largest absolute Gasteiger partial charge is 0.573 e. The molecule has 9 nitrogen and oxygen atoms in total. The molecule has 59 heavy (non-hydrogen) atoms. The Kier molecular flexibility index (Phi) is 19.9. The van der Waals surface area contributed by atoms with Gasteiger partial charge in [-0.2, -0.15) is 0 Å². The van der Waals surface area contributed by atoms with E-state index in [0.717, 1.165) is 52.7 Å². The molecule has 4 aromatic carbocycles. The third kappa shape index (κ3) is 18.2. The Bertz CT molecular complexity index is 2150. The van der Waals surface area contributed by atoms with Gasteiger partial charge in [-0.25, -0.2) is 9.59 Å². The second-order valence-corrected chi connectivity index (χ2v) is 11.8. The van der Waals surface area contributed by atoms with Gasteiger partial charge in [0.05, 0.1) is 25.7 Å². The summed E-state index contributed by atoms with van der Waals surface area (Å²) in [5.41, 5.74) is 6.97. The minimum atomic E-state index is -4.86. The Morgan fingerprint density at radius 2 is 1.00 bits per heavy atom. The van der Waals surface area contributed by atoms with Crippen LogP contribution in [0.15, 0.2) is 136 Å². The van der Waals surface area contributed by atoms with Crippen molar-refractivity contribution in [1.82, 2.24) is 0 Å². The van der Waals surface area contributed by atoms with Crippen molar-refractivity contribution in [2.24, 2.45) is 0 Å². The minimum absolute atomic E-state index is 0.0953. The van der Waals surface area contributed by atoms with Gasteiger partial charge in [-0.3, -0.25) is 0 Å². The molecule has 12 heteroatoms. The molecule has 0 heterocycles. The lowest BCUT2D eigenvalue weighted by atomic mass is 10.0. The van der Waals surface area contributed by atoms with Crippen molar-refractivity contribution < 1.29 is 55.9 Å². The van der Waals surface area contributed by atoms with Gasteiger partial charge in [-0.05, 0) is 77.2 Å². The normalized spacial score (nSPS) is 10.1. The maximum Gasteiger partial charge on any atom is 0.573 e. The summed E-state index contributed by atoms with van der Waals surface area (Å²) in [4.78, 5) is 22.2. The number of rotatable bonds is 18. The van der Waals surface area contributed by atoms with E-state index in [1.165, 1.54) is 24.0 Å². The van der Waals surface area contributed by atoms with Crippen LogP contribution in [-0.4, -0.2) is 31.9 Å². The zero-order valence-corrected chi connectivity index (χ0v) is 32.5. The van der Waals surface area contributed by atoms with Crippen molar-refractivity contribution in [2.45, 2.75) is 46.1 Å². The Morgan fingerprint density at radius 1 is 0.576 bits per heavy atom. The number of benzene rings is 4. The first-order valence-corrected chi connectivity index (χ1v) is 17.9. The van der Waals surface area contributed by atoms with Crippen LogP contribution in [0, 0.1) is 23.7 Å². The van der Waals surface area contributed by atoms with E-state index in [1.807, 2.05) is 36.4 Å². The number of hydrogen-bond donors (Lipinski definition) is 0. The summed E-state index contributed by atoms with van der Waals surface area (Å²) in [7, 11) is 0. The van der Waals surface area contributed by atoms with Crippen molar-refractivity contribution >= 4 is 11.9 Å². The number of esters is 2. The molecule has 0 amide bonds. The summed E-state index contributed by atoms with van der Waals surface area (Å²) in [5.74, 6) is 10.6. The number of carbonyl (C=O) groups excluding carboxylic acids is 2. The second kappa shape index (κ2) is 25.3. The zero-order valence-electron chi connectivity index (χ0n) is 32.5. The Labute approximate surface area is 342 Å². The summed E-state index contributed by atoms with van der Waals surface area (Å²) in [5, 5.41) is 0. The number of aryl methyl sites for hydroxylation is 1. The molecule has 0 unspecified atom stereocenters. The highest BCUT2D eigenvalue weighted by atomic mass is 19.4. The lowest BCUT2D eigenvalue weighted by Gasteiger charge is -2.14. The average molecular weight is 809 g/mol. The minimum Gasteiger partial charge on any atom is -0.476 e. The van der Waals surface area contributed by atoms with Crippen LogP contribution in [0.2, 0.25) is 0 Å². The maximum atomic E-state index is 12.7. The molecule has 0 N–H and O–H groups in total. The summed E-state index contributed by atoms with van der Waals surface area (Å²) in [6, 6.07) is 24.8. The van der Waals surface area contributed by atoms with E-state index in [9.17, 15) is 22.8 Å². The molecule has 0 saturated carbocycles. The van der Waals surface area contributed by atoms with E-state index in [1.54, 1.807) is 30.3 Å². The monoisotopic (exact) mass is 808 g/mol. The van der Waals surface area contributed by atoms with Gasteiger partial charge >= 0.3 is 18.3 Å². The van der Waals surface area contributed by atoms with Crippen LogP contribution in [0.25, 0.3) is 0 Å². The molecular weight excluding hydrogens is 766 g/mol. The quantitative estimate of drug-likeness (QED) is 0.0243. The lowest BCUT2D eigenvalue weighted by molar-refractivity contribution is -0.275. The summed E-state index contributed by atoms with van der Waals surface area (Å²) < 4.78 is 72.6. The summed E-state index contributed by atoms with van der Waals surface area (Å²) in [6.07, 6.45) is 0.782. The molecule has 0 aromatic heterocycles. The summed E-state index contributed by atoms with van der Waals surface area (Å²) in [6.45, 7) is 16.3. The van der Waals surface area contributed by atoms with Gasteiger partial charge in [-0.1, -0.05) is 93.3 Å². The molecular formula is C47H43F3O9. The molecule has 0 saturated heterocycles. The molecule has 4 rings (SSSR count). The fourth-order valence-electron chi connectivity index (χ4n) is 4.72. The third-order valence-electron chi connectivity index (χ3n) is 7.64. The van der Waals surface area contributed by atoms with E-state index >= 15 is 0 Å². The highest BCUT2D eigenvalue weighted by molar-refractivity contribution is 5.81. The van der Waals surface area contributed by atoms with Gasteiger partial charge in [0, 0.05) is 40.0 Å². The van der Waals surface area contributed by atoms with Gasteiger partial charge in [-0.15, -0.1) is 13.2 Å². The van der Waals surface area contributed by atoms with Crippen LogP contribution in [0.4, 0.5) is 13.2 Å². The van der Waals surface area contributed by atoms with Crippen LogP contribution in [-0.2, 0) is 70.9 Å². The second-order valence-electron chi connectivity index (χ2n) is 11.8. The molecule has 0 aliphatic rings. The smallest absolute Gasteiger partial charge is 0.476 e. The first kappa shape index (κ1) is 46.4. The topological polar surface area (TPSA) is 98.8 Å². The van der Waals surface area contributed by atoms with Crippen LogP contribution < -0.4 is 4.74 Å². The molecule has 306 valence electrons. The van der Waals surface area contributed by atoms with Crippen molar-refractivity contribution in [2.75, 3.05) is 13.6 Å². The van der Waals surface area contributed by atoms with Gasteiger partial charge in [0.15, 0.2) is 13.6 Å². The van der Waals surface area contributed by atoms with E-state index in [-0.39, 0.29) is 39.0 Å². The molecule has 0 aliphatic heterocycles. The van der Waals surface area contributed by atoms with Crippen LogP contribution in [0.3, 0.4) is 0 Å². The molecule has 4 aromatic rings. The van der Waals surface area contributed by atoms with Crippen molar-refractivity contribution in [3.8, 4) is 29.4 Å². The first-order chi connectivity index (χ1) is 28.5.